The number of halogens is 3. The summed E-state index contributed by atoms with van der Waals surface area (Å²) in [6.45, 7) is 0. The van der Waals surface area contributed by atoms with Gasteiger partial charge in [0.15, 0.2) is 11.5 Å². The van der Waals surface area contributed by atoms with Crippen LogP contribution in [0.25, 0.3) is 0 Å². The van der Waals surface area contributed by atoms with Crippen molar-refractivity contribution < 1.29 is 31.1 Å². The Bertz CT molecular complexity index is 676. The van der Waals surface area contributed by atoms with E-state index >= 15 is 0 Å². The smallest absolute Gasteiger partial charge is 0.391 e. The van der Waals surface area contributed by atoms with Gasteiger partial charge in [-0.3, -0.25) is 0 Å². The Morgan fingerprint density at radius 1 is 1.12 bits per heavy atom. The van der Waals surface area contributed by atoms with Crippen LogP contribution in [0.3, 0.4) is 0 Å². The molecule has 0 bridgehead atoms. The topological polar surface area (TPSA) is 64.6 Å². The van der Waals surface area contributed by atoms with Crippen molar-refractivity contribution in [3.05, 3.63) is 18.2 Å². The molecule has 1 aliphatic rings. The summed E-state index contributed by atoms with van der Waals surface area (Å²) in [7, 11) is -1.15. The number of ether oxygens (including phenoxy) is 2. The number of hydrogen-bond acceptors (Lipinski definition) is 4. The first-order valence-electron chi connectivity index (χ1n) is 7.48. The number of methoxy groups -OCH3 is 2. The van der Waals surface area contributed by atoms with Crippen LogP contribution in [-0.2, 0) is 10.0 Å². The van der Waals surface area contributed by atoms with Gasteiger partial charge in [-0.2, -0.15) is 13.2 Å². The van der Waals surface area contributed by atoms with Gasteiger partial charge in [0.1, 0.15) is 0 Å². The first-order chi connectivity index (χ1) is 11.2. The van der Waals surface area contributed by atoms with Crippen molar-refractivity contribution in [2.45, 2.75) is 42.8 Å². The van der Waals surface area contributed by atoms with Crippen LogP contribution in [0.5, 0.6) is 11.5 Å². The molecule has 0 aliphatic heterocycles. The Morgan fingerprint density at radius 2 is 1.79 bits per heavy atom. The third kappa shape index (κ3) is 4.32. The molecule has 0 saturated heterocycles. The quantitative estimate of drug-likeness (QED) is 0.869. The lowest BCUT2D eigenvalue weighted by molar-refractivity contribution is -0.183. The molecule has 5 nitrogen and oxygen atoms in total. The summed E-state index contributed by atoms with van der Waals surface area (Å²) in [5.74, 6) is -0.868. The van der Waals surface area contributed by atoms with E-state index in [0.717, 1.165) is 0 Å². The summed E-state index contributed by atoms with van der Waals surface area (Å²) in [6.07, 6.45) is -3.77. The standard InChI is InChI=1S/C15H20F3NO4S/c1-22-13-7-6-12(9-14(13)23-2)24(20,21)19-11-5-3-4-10(8-11)15(16,17)18/h6-7,9-11,19H,3-5,8H2,1-2H3. The molecule has 136 valence electrons. The predicted molar refractivity (Wildman–Crippen MR) is 81.7 cm³/mol. The van der Waals surface area contributed by atoms with E-state index < -0.39 is 28.2 Å². The number of nitrogens with one attached hydrogen (secondary N) is 1. The third-order valence-corrected chi connectivity index (χ3v) is 5.64. The molecule has 0 aromatic heterocycles. The van der Waals surface area contributed by atoms with Crippen molar-refractivity contribution >= 4 is 10.0 Å². The van der Waals surface area contributed by atoms with Crippen LogP contribution in [0.15, 0.2) is 23.1 Å². The van der Waals surface area contributed by atoms with Gasteiger partial charge in [-0.25, -0.2) is 13.1 Å². The molecule has 0 radical (unpaired) electrons. The molecule has 1 saturated carbocycles. The lowest BCUT2D eigenvalue weighted by Crippen LogP contribution is -2.41. The minimum Gasteiger partial charge on any atom is -0.493 e. The zero-order valence-corrected chi connectivity index (χ0v) is 14.2. The SMILES string of the molecule is COc1ccc(S(=O)(=O)NC2CCCC(C(F)(F)F)C2)cc1OC. The van der Waals surface area contributed by atoms with Crippen LogP contribution >= 0.6 is 0 Å². The van der Waals surface area contributed by atoms with Gasteiger partial charge in [-0.15, -0.1) is 0 Å². The van der Waals surface area contributed by atoms with E-state index in [9.17, 15) is 21.6 Å². The van der Waals surface area contributed by atoms with Crippen LogP contribution in [0.1, 0.15) is 25.7 Å². The van der Waals surface area contributed by atoms with E-state index in [1.54, 1.807) is 0 Å². The zero-order valence-electron chi connectivity index (χ0n) is 13.4. The molecule has 1 aromatic rings. The Balaban J connectivity index is 2.16. The number of rotatable bonds is 5. The highest BCUT2D eigenvalue weighted by molar-refractivity contribution is 7.89. The summed E-state index contributed by atoms with van der Waals surface area (Å²) < 4.78 is 75.9. The number of hydrogen-bond donors (Lipinski definition) is 1. The fourth-order valence-corrected chi connectivity index (χ4v) is 4.16. The van der Waals surface area contributed by atoms with Crippen molar-refractivity contribution in [3.8, 4) is 11.5 Å². The van der Waals surface area contributed by atoms with Crippen molar-refractivity contribution in [2.24, 2.45) is 5.92 Å². The summed E-state index contributed by atoms with van der Waals surface area (Å²) >= 11 is 0. The minimum atomic E-state index is -4.30. The molecule has 1 N–H and O–H groups in total. The molecule has 0 heterocycles. The van der Waals surface area contributed by atoms with E-state index in [2.05, 4.69) is 4.72 Å². The number of alkyl halides is 3. The maximum Gasteiger partial charge on any atom is 0.391 e. The molecule has 0 amide bonds. The normalized spacial score (nSPS) is 22.2. The van der Waals surface area contributed by atoms with Gasteiger partial charge < -0.3 is 9.47 Å². The van der Waals surface area contributed by atoms with E-state index in [4.69, 9.17) is 9.47 Å². The lowest BCUT2D eigenvalue weighted by atomic mass is 9.86. The number of sulfonamides is 1. The molecule has 9 heteroatoms. The Morgan fingerprint density at radius 3 is 2.38 bits per heavy atom. The van der Waals surface area contributed by atoms with Crippen molar-refractivity contribution in [3.63, 3.8) is 0 Å². The molecule has 1 aromatic carbocycles. The van der Waals surface area contributed by atoms with E-state index in [-0.39, 0.29) is 23.5 Å². The zero-order chi connectivity index (χ0) is 18.0. The highest BCUT2D eigenvalue weighted by Gasteiger charge is 2.42. The summed E-state index contributed by atoms with van der Waals surface area (Å²) in [5.41, 5.74) is 0. The average Bonchev–Trinajstić information content (AvgIpc) is 2.53. The Hall–Kier alpha value is -1.48. The summed E-state index contributed by atoms with van der Waals surface area (Å²) in [4.78, 5) is -0.0747. The van der Waals surface area contributed by atoms with Gasteiger partial charge >= 0.3 is 6.18 Å². The van der Waals surface area contributed by atoms with Crippen LogP contribution in [0, 0.1) is 5.92 Å². The minimum absolute atomic E-state index is 0.0398. The molecule has 2 rings (SSSR count). The second kappa shape index (κ2) is 7.18. The van der Waals surface area contributed by atoms with Gasteiger partial charge in [0, 0.05) is 12.1 Å². The van der Waals surface area contributed by atoms with E-state index in [1.807, 2.05) is 0 Å². The van der Waals surface area contributed by atoms with Crippen LogP contribution in [0.4, 0.5) is 13.2 Å². The highest BCUT2D eigenvalue weighted by Crippen LogP contribution is 2.38. The second-order valence-electron chi connectivity index (χ2n) is 5.74. The summed E-state index contributed by atoms with van der Waals surface area (Å²) in [5, 5.41) is 0. The third-order valence-electron chi connectivity index (χ3n) is 4.12. The van der Waals surface area contributed by atoms with Crippen molar-refractivity contribution in [1.29, 1.82) is 0 Å². The molecule has 1 aliphatic carbocycles. The van der Waals surface area contributed by atoms with Crippen LogP contribution in [-0.4, -0.2) is 34.9 Å². The van der Waals surface area contributed by atoms with E-state index in [0.29, 0.717) is 18.6 Å². The molecular weight excluding hydrogens is 347 g/mol. The summed E-state index contributed by atoms with van der Waals surface area (Å²) in [6, 6.07) is 3.31. The number of benzene rings is 1. The van der Waals surface area contributed by atoms with Crippen molar-refractivity contribution in [1.82, 2.24) is 4.72 Å². The van der Waals surface area contributed by atoms with Gasteiger partial charge in [0.05, 0.1) is 25.0 Å². The monoisotopic (exact) mass is 367 g/mol. The van der Waals surface area contributed by atoms with Crippen LogP contribution in [0.2, 0.25) is 0 Å². The Labute approximate surface area is 139 Å². The molecule has 2 unspecified atom stereocenters. The van der Waals surface area contributed by atoms with Gasteiger partial charge in [-0.05, 0) is 31.4 Å². The second-order valence-corrected chi connectivity index (χ2v) is 7.45. The maximum absolute atomic E-state index is 12.8. The first kappa shape index (κ1) is 18.9. The molecule has 0 spiro atoms. The molecule has 2 atom stereocenters. The lowest BCUT2D eigenvalue weighted by Gasteiger charge is -2.30. The predicted octanol–water partition coefficient (Wildman–Crippen LogP) is 3.10. The van der Waals surface area contributed by atoms with Gasteiger partial charge in [-0.1, -0.05) is 6.42 Å². The highest BCUT2D eigenvalue weighted by atomic mass is 32.2. The van der Waals surface area contributed by atoms with Crippen molar-refractivity contribution in [2.75, 3.05) is 14.2 Å². The van der Waals surface area contributed by atoms with Crippen LogP contribution < -0.4 is 14.2 Å². The largest absolute Gasteiger partial charge is 0.493 e. The molecule has 24 heavy (non-hydrogen) atoms. The van der Waals surface area contributed by atoms with E-state index in [1.165, 1.54) is 32.4 Å². The molecule has 1 fully saturated rings. The fraction of sp³-hybridized carbons (Fsp3) is 0.600. The van der Waals surface area contributed by atoms with Gasteiger partial charge in [0.25, 0.3) is 0 Å². The average molecular weight is 367 g/mol. The fourth-order valence-electron chi connectivity index (χ4n) is 2.87. The van der Waals surface area contributed by atoms with Gasteiger partial charge in [0.2, 0.25) is 10.0 Å². The molecular formula is C15H20F3NO4S. The first-order valence-corrected chi connectivity index (χ1v) is 8.96. The maximum atomic E-state index is 12.8. The Kier molecular flexibility index (Phi) is 5.64.